The number of aromatic nitrogens is 3. The third kappa shape index (κ3) is 2.73. The molecule has 1 aliphatic rings. The predicted molar refractivity (Wildman–Crippen MR) is 86.8 cm³/mol. The average molecular weight is 285 g/mol. The second-order valence-corrected chi connectivity index (χ2v) is 5.82. The van der Waals surface area contributed by atoms with Gasteiger partial charge in [0, 0.05) is 45.5 Å². The standard InChI is InChI=1S/C16H23N5/c1-19(2)14-10-6-5-9-13(14)15-17-16(20(3)18-15)21-11-7-4-8-12-21/h5-6,9-10H,4,7-8,11-12H2,1-3H3. The van der Waals surface area contributed by atoms with E-state index in [2.05, 4.69) is 27.0 Å². The molecule has 0 radical (unpaired) electrons. The fourth-order valence-electron chi connectivity index (χ4n) is 2.91. The van der Waals surface area contributed by atoms with Gasteiger partial charge in [0.25, 0.3) is 0 Å². The second kappa shape index (κ2) is 5.76. The largest absolute Gasteiger partial charge is 0.377 e. The predicted octanol–water partition coefficient (Wildman–Crippen LogP) is 2.54. The van der Waals surface area contributed by atoms with Crippen molar-refractivity contribution in [3.63, 3.8) is 0 Å². The van der Waals surface area contributed by atoms with Crippen LogP contribution in [0.15, 0.2) is 24.3 Å². The first-order valence-electron chi connectivity index (χ1n) is 7.59. The lowest BCUT2D eigenvalue weighted by Crippen LogP contribution is -2.31. The number of rotatable bonds is 3. The molecule has 5 heteroatoms. The monoisotopic (exact) mass is 285 g/mol. The molecule has 0 amide bonds. The highest BCUT2D eigenvalue weighted by atomic mass is 15.4. The Morgan fingerprint density at radius 2 is 1.76 bits per heavy atom. The molecule has 112 valence electrons. The van der Waals surface area contributed by atoms with Crippen molar-refractivity contribution in [2.45, 2.75) is 19.3 Å². The molecule has 0 saturated carbocycles. The van der Waals surface area contributed by atoms with Crippen LogP contribution in [0.25, 0.3) is 11.4 Å². The van der Waals surface area contributed by atoms with Gasteiger partial charge in [-0.15, -0.1) is 5.10 Å². The summed E-state index contributed by atoms with van der Waals surface area (Å²) in [6.07, 6.45) is 3.82. The maximum absolute atomic E-state index is 4.80. The summed E-state index contributed by atoms with van der Waals surface area (Å²) < 4.78 is 1.91. The van der Waals surface area contributed by atoms with E-state index in [9.17, 15) is 0 Å². The zero-order valence-electron chi connectivity index (χ0n) is 13.1. The molecule has 3 rings (SSSR count). The van der Waals surface area contributed by atoms with Gasteiger partial charge in [-0.1, -0.05) is 12.1 Å². The Hall–Kier alpha value is -2.04. The minimum absolute atomic E-state index is 0.808. The fraction of sp³-hybridized carbons (Fsp3) is 0.500. The Balaban J connectivity index is 1.97. The van der Waals surface area contributed by atoms with E-state index in [1.165, 1.54) is 19.3 Å². The van der Waals surface area contributed by atoms with Crippen LogP contribution in [0.2, 0.25) is 0 Å². The van der Waals surface area contributed by atoms with Gasteiger partial charge < -0.3 is 9.80 Å². The summed E-state index contributed by atoms with van der Waals surface area (Å²) in [5.41, 5.74) is 2.23. The number of benzene rings is 1. The van der Waals surface area contributed by atoms with Crippen LogP contribution >= 0.6 is 0 Å². The average Bonchev–Trinajstić information content (AvgIpc) is 2.90. The van der Waals surface area contributed by atoms with Crippen LogP contribution in [-0.4, -0.2) is 41.9 Å². The lowest BCUT2D eigenvalue weighted by Gasteiger charge is -2.26. The van der Waals surface area contributed by atoms with Crippen LogP contribution in [0.1, 0.15) is 19.3 Å². The minimum Gasteiger partial charge on any atom is -0.377 e. The highest BCUT2D eigenvalue weighted by Gasteiger charge is 2.19. The number of anilines is 2. The zero-order valence-corrected chi connectivity index (χ0v) is 13.1. The Bertz CT molecular complexity index is 611. The summed E-state index contributed by atoms with van der Waals surface area (Å²) in [6.45, 7) is 2.17. The van der Waals surface area contributed by atoms with E-state index in [1.54, 1.807) is 0 Å². The van der Waals surface area contributed by atoms with Crippen molar-refractivity contribution in [2.24, 2.45) is 7.05 Å². The zero-order chi connectivity index (χ0) is 14.8. The van der Waals surface area contributed by atoms with Gasteiger partial charge in [0.05, 0.1) is 0 Å². The molecule has 1 fully saturated rings. The smallest absolute Gasteiger partial charge is 0.224 e. The Kier molecular flexibility index (Phi) is 3.82. The Morgan fingerprint density at radius 3 is 2.48 bits per heavy atom. The second-order valence-electron chi connectivity index (χ2n) is 5.82. The van der Waals surface area contributed by atoms with Crippen molar-refractivity contribution in [1.82, 2.24) is 14.8 Å². The number of piperidine rings is 1. The highest BCUT2D eigenvalue weighted by molar-refractivity contribution is 5.74. The summed E-state index contributed by atoms with van der Waals surface area (Å²) >= 11 is 0. The summed E-state index contributed by atoms with van der Waals surface area (Å²) in [4.78, 5) is 9.25. The maximum Gasteiger partial charge on any atom is 0.224 e. The molecule has 0 bridgehead atoms. The van der Waals surface area contributed by atoms with E-state index < -0.39 is 0 Å². The molecule has 1 aromatic carbocycles. The van der Waals surface area contributed by atoms with Gasteiger partial charge in [-0.05, 0) is 31.4 Å². The number of nitrogens with zero attached hydrogens (tertiary/aromatic N) is 5. The first-order chi connectivity index (χ1) is 10.2. The van der Waals surface area contributed by atoms with Crippen LogP contribution in [0.4, 0.5) is 11.6 Å². The van der Waals surface area contributed by atoms with E-state index in [0.29, 0.717) is 0 Å². The van der Waals surface area contributed by atoms with Crippen LogP contribution in [0.3, 0.4) is 0 Å². The summed E-state index contributed by atoms with van der Waals surface area (Å²) in [5.74, 6) is 1.79. The van der Waals surface area contributed by atoms with Gasteiger partial charge in [-0.2, -0.15) is 4.98 Å². The van der Waals surface area contributed by atoms with E-state index in [1.807, 2.05) is 38.0 Å². The summed E-state index contributed by atoms with van der Waals surface area (Å²) in [5, 5.41) is 4.64. The highest BCUT2D eigenvalue weighted by Crippen LogP contribution is 2.29. The van der Waals surface area contributed by atoms with Crippen molar-refractivity contribution in [3.05, 3.63) is 24.3 Å². The van der Waals surface area contributed by atoms with E-state index in [-0.39, 0.29) is 0 Å². The molecule has 5 nitrogen and oxygen atoms in total. The summed E-state index contributed by atoms with van der Waals surface area (Å²) in [6, 6.07) is 8.28. The molecule has 0 N–H and O–H groups in total. The molecule has 21 heavy (non-hydrogen) atoms. The van der Waals surface area contributed by atoms with Crippen LogP contribution in [0, 0.1) is 0 Å². The molecule has 2 heterocycles. The van der Waals surface area contributed by atoms with Crippen molar-refractivity contribution in [1.29, 1.82) is 0 Å². The van der Waals surface area contributed by atoms with Crippen molar-refractivity contribution >= 4 is 11.6 Å². The van der Waals surface area contributed by atoms with Crippen LogP contribution in [-0.2, 0) is 7.05 Å². The molecular formula is C16H23N5. The molecule has 1 saturated heterocycles. The van der Waals surface area contributed by atoms with Crippen molar-refractivity contribution < 1.29 is 0 Å². The van der Waals surface area contributed by atoms with E-state index >= 15 is 0 Å². The molecule has 0 aliphatic carbocycles. The molecule has 0 spiro atoms. The summed E-state index contributed by atoms with van der Waals surface area (Å²) in [7, 11) is 6.08. The Labute approximate surface area is 126 Å². The van der Waals surface area contributed by atoms with Gasteiger partial charge in [-0.3, -0.25) is 0 Å². The van der Waals surface area contributed by atoms with Gasteiger partial charge >= 0.3 is 0 Å². The van der Waals surface area contributed by atoms with Crippen LogP contribution < -0.4 is 9.80 Å². The number of para-hydroxylation sites is 1. The number of hydrogen-bond acceptors (Lipinski definition) is 4. The first kappa shape index (κ1) is 13.9. The quantitative estimate of drug-likeness (QED) is 0.868. The lowest BCUT2D eigenvalue weighted by molar-refractivity contribution is 0.557. The molecule has 1 aliphatic heterocycles. The van der Waals surface area contributed by atoms with E-state index in [0.717, 1.165) is 36.1 Å². The first-order valence-corrected chi connectivity index (χ1v) is 7.59. The van der Waals surface area contributed by atoms with Gasteiger partial charge in [0.2, 0.25) is 5.95 Å². The molecular weight excluding hydrogens is 262 g/mol. The van der Waals surface area contributed by atoms with Crippen molar-refractivity contribution in [2.75, 3.05) is 37.0 Å². The third-order valence-electron chi connectivity index (χ3n) is 4.01. The number of hydrogen-bond donors (Lipinski definition) is 0. The third-order valence-corrected chi connectivity index (χ3v) is 4.01. The fourth-order valence-corrected chi connectivity index (χ4v) is 2.91. The minimum atomic E-state index is 0.808. The topological polar surface area (TPSA) is 37.2 Å². The molecule has 2 aromatic rings. The van der Waals surface area contributed by atoms with Crippen molar-refractivity contribution in [3.8, 4) is 11.4 Å². The molecule has 1 aromatic heterocycles. The maximum atomic E-state index is 4.80. The number of aryl methyl sites for hydroxylation is 1. The van der Waals surface area contributed by atoms with Gasteiger partial charge in [0.1, 0.15) is 0 Å². The normalized spacial score (nSPS) is 15.3. The SMILES string of the molecule is CN(C)c1ccccc1-c1nc(N2CCCCC2)n(C)n1. The van der Waals surface area contributed by atoms with Gasteiger partial charge in [-0.25, -0.2) is 4.68 Å². The van der Waals surface area contributed by atoms with Crippen LogP contribution in [0.5, 0.6) is 0 Å². The van der Waals surface area contributed by atoms with Gasteiger partial charge in [0.15, 0.2) is 5.82 Å². The Morgan fingerprint density at radius 1 is 1.05 bits per heavy atom. The lowest BCUT2D eigenvalue weighted by atomic mass is 10.1. The van der Waals surface area contributed by atoms with E-state index in [4.69, 9.17) is 4.98 Å². The molecule has 0 unspecified atom stereocenters. The molecule has 0 atom stereocenters.